The molecule has 0 aliphatic heterocycles. The van der Waals surface area contributed by atoms with Crippen LogP contribution in [0.1, 0.15) is 31.7 Å². The topological polar surface area (TPSA) is 36.4 Å². The Kier molecular flexibility index (Phi) is 7.78. The minimum Gasteiger partial charge on any atom is -0.357 e. The number of guanidine groups is 1. The number of nitrogens with one attached hydrogen (secondary N) is 2. The van der Waals surface area contributed by atoms with E-state index in [0.717, 1.165) is 25.6 Å². The summed E-state index contributed by atoms with van der Waals surface area (Å²) >= 11 is 0. The largest absolute Gasteiger partial charge is 0.357 e. The summed E-state index contributed by atoms with van der Waals surface area (Å²) in [7, 11) is 0. The van der Waals surface area contributed by atoms with E-state index in [4.69, 9.17) is 4.99 Å². The van der Waals surface area contributed by atoms with Gasteiger partial charge in [-0.1, -0.05) is 42.8 Å². The first kappa shape index (κ1) is 18.0. The molecule has 21 heavy (non-hydrogen) atoms. The molecule has 2 N–H and O–H groups in total. The van der Waals surface area contributed by atoms with Crippen molar-refractivity contribution >= 4 is 29.9 Å². The summed E-state index contributed by atoms with van der Waals surface area (Å²) in [5.41, 5.74) is 1.67. The number of aliphatic imine (C=N–C) groups is 1. The second-order valence-electron chi connectivity index (χ2n) is 5.36. The Bertz CT molecular complexity index is 452. The van der Waals surface area contributed by atoms with Gasteiger partial charge >= 0.3 is 0 Å². The highest BCUT2D eigenvalue weighted by Gasteiger charge is 2.38. The van der Waals surface area contributed by atoms with Gasteiger partial charge in [-0.2, -0.15) is 0 Å². The van der Waals surface area contributed by atoms with E-state index in [1.54, 1.807) is 0 Å². The van der Waals surface area contributed by atoms with Crippen molar-refractivity contribution in [2.75, 3.05) is 19.6 Å². The highest BCUT2D eigenvalue weighted by atomic mass is 127. The summed E-state index contributed by atoms with van der Waals surface area (Å²) in [4.78, 5) is 4.77. The van der Waals surface area contributed by atoms with Crippen molar-refractivity contribution in [2.45, 2.75) is 31.6 Å². The third kappa shape index (κ3) is 4.73. The molecule has 0 unspecified atom stereocenters. The van der Waals surface area contributed by atoms with Crippen LogP contribution in [0.15, 0.2) is 48.0 Å². The van der Waals surface area contributed by atoms with Gasteiger partial charge in [0.1, 0.15) is 0 Å². The maximum Gasteiger partial charge on any atom is 0.191 e. The van der Waals surface area contributed by atoms with E-state index in [9.17, 15) is 0 Å². The standard InChI is InChI=1S/C17H25N3.HI/c1-3-13-19-16(18-4-2)20-14-17(11-8-12-17)15-9-6-5-7-10-15;/h3,5-7,9-10H,1,4,8,11-14H2,2H3,(H2,18,19,20);1H. The molecule has 1 aromatic rings. The minimum absolute atomic E-state index is 0. The normalized spacial score (nSPS) is 16.3. The minimum atomic E-state index is 0. The maximum absolute atomic E-state index is 4.77. The molecule has 3 nitrogen and oxygen atoms in total. The van der Waals surface area contributed by atoms with Crippen molar-refractivity contribution in [1.29, 1.82) is 0 Å². The monoisotopic (exact) mass is 399 g/mol. The highest BCUT2D eigenvalue weighted by molar-refractivity contribution is 14.0. The van der Waals surface area contributed by atoms with Gasteiger partial charge in [-0.3, -0.25) is 4.99 Å². The van der Waals surface area contributed by atoms with Crippen LogP contribution in [0.3, 0.4) is 0 Å². The molecule has 0 atom stereocenters. The lowest BCUT2D eigenvalue weighted by Crippen LogP contribution is -2.41. The summed E-state index contributed by atoms with van der Waals surface area (Å²) < 4.78 is 0. The Hall–Kier alpha value is -1.04. The molecule has 1 aliphatic carbocycles. The van der Waals surface area contributed by atoms with Crippen LogP contribution in [-0.2, 0) is 5.41 Å². The number of hydrogen-bond donors (Lipinski definition) is 2. The third-order valence-electron chi connectivity index (χ3n) is 3.99. The first-order valence-corrected chi connectivity index (χ1v) is 7.49. The maximum atomic E-state index is 4.77. The molecule has 1 fully saturated rings. The Labute approximate surface area is 145 Å². The summed E-state index contributed by atoms with van der Waals surface area (Å²) in [6.45, 7) is 8.28. The molecule has 0 heterocycles. The van der Waals surface area contributed by atoms with Crippen molar-refractivity contribution in [3.05, 3.63) is 48.6 Å². The molecule has 0 radical (unpaired) electrons. The molecule has 0 amide bonds. The van der Waals surface area contributed by atoms with Crippen LogP contribution in [0.2, 0.25) is 0 Å². The zero-order valence-electron chi connectivity index (χ0n) is 12.8. The van der Waals surface area contributed by atoms with Crippen molar-refractivity contribution in [2.24, 2.45) is 4.99 Å². The number of rotatable bonds is 6. The molecule has 0 aromatic heterocycles. The lowest BCUT2D eigenvalue weighted by molar-refractivity contribution is 0.253. The quantitative estimate of drug-likeness (QED) is 0.333. The van der Waals surface area contributed by atoms with Crippen LogP contribution in [0.5, 0.6) is 0 Å². The van der Waals surface area contributed by atoms with Crippen LogP contribution in [0.25, 0.3) is 0 Å². The van der Waals surface area contributed by atoms with Gasteiger partial charge < -0.3 is 10.6 Å². The van der Waals surface area contributed by atoms with E-state index in [2.05, 4.69) is 54.5 Å². The molecule has 0 spiro atoms. The Morgan fingerprint density at radius 1 is 1.29 bits per heavy atom. The fourth-order valence-corrected chi connectivity index (χ4v) is 2.67. The molecular weight excluding hydrogens is 373 g/mol. The van der Waals surface area contributed by atoms with Crippen molar-refractivity contribution in [1.82, 2.24) is 10.6 Å². The van der Waals surface area contributed by atoms with E-state index < -0.39 is 0 Å². The molecular formula is C17H26IN3. The zero-order chi connectivity index (χ0) is 14.3. The highest BCUT2D eigenvalue weighted by Crippen LogP contribution is 2.43. The van der Waals surface area contributed by atoms with Gasteiger partial charge in [0.2, 0.25) is 0 Å². The average Bonchev–Trinajstić information content (AvgIpc) is 2.44. The van der Waals surface area contributed by atoms with Crippen molar-refractivity contribution < 1.29 is 0 Å². The van der Waals surface area contributed by atoms with Crippen LogP contribution in [-0.4, -0.2) is 25.6 Å². The number of halogens is 1. The second-order valence-corrected chi connectivity index (χ2v) is 5.36. The molecule has 0 saturated heterocycles. The van der Waals surface area contributed by atoms with Gasteiger partial charge in [0, 0.05) is 18.5 Å². The molecule has 2 rings (SSSR count). The predicted octanol–water partition coefficient (Wildman–Crippen LogP) is 3.47. The first-order chi connectivity index (χ1) is 9.80. The smallest absolute Gasteiger partial charge is 0.191 e. The van der Waals surface area contributed by atoms with E-state index >= 15 is 0 Å². The number of benzene rings is 1. The molecule has 1 aromatic carbocycles. The summed E-state index contributed by atoms with van der Waals surface area (Å²) in [5, 5.41) is 6.54. The van der Waals surface area contributed by atoms with Gasteiger partial charge in [0.25, 0.3) is 0 Å². The number of nitrogens with zero attached hydrogens (tertiary/aromatic N) is 1. The van der Waals surface area contributed by atoms with Gasteiger partial charge in [-0.15, -0.1) is 30.6 Å². The van der Waals surface area contributed by atoms with Gasteiger partial charge in [0.15, 0.2) is 5.96 Å². The lowest BCUT2D eigenvalue weighted by Gasteiger charge is -2.41. The average molecular weight is 399 g/mol. The number of hydrogen-bond acceptors (Lipinski definition) is 1. The van der Waals surface area contributed by atoms with Crippen LogP contribution in [0.4, 0.5) is 0 Å². The SMILES string of the molecule is C=CCNC(=NCC1(c2ccccc2)CCC1)NCC.I. The molecule has 4 heteroatoms. The summed E-state index contributed by atoms with van der Waals surface area (Å²) in [6.07, 6.45) is 5.63. The van der Waals surface area contributed by atoms with Crippen molar-refractivity contribution in [3.8, 4) is 0 Å². The van der Waals surface area contributed by atoms with E-state index in [1.807, 2.05) is 6.08 Å². The lowest BCUT2D eigenvalue weighted by atomic mass is 9.64. The van der Waals surface area contributed by atoms with Gasteiger partial charge in [-0.05, 0) is 25.3 Å². The Morgan fingerprint density at radius 3 is 2.52 bits per heavy atom. The molecule has 1 aliphatic rings. The van der Waals surface area contributed by atoms with Crippen LogP contribution >= 0.6 is 24.0 Å². The molecule has 0 bridgehead atoms. The fourth-order valence-electron chi connectivity index (χ4n) is 2.67. The molecule has 116 valence electrons. The van der Waals surface area contributed by atoms with E-state index in [1.165, 1.54) is 24.8 Å². The zero-order valence-corrected chi connectivity index (χ0v) is 15.1. The predicted molar refractivity (Wildman–Crippen MR) is 102 cm³/mol. The van der Waals surface area contributed by atoms with Crippen molar-refractivity contribution in [3.63, 3.8) is 0 Å². The fraction of sp³-hybridized carbons (Fsp3) is 0.471. The van der Waals surface area contributed by atoms with Crippen LogP contribution in [0, 0.1) is 0 Å². The Morgan fingerprint density at radius 2 is 2.00 bits per heavy atom. The Balaban J connectivity index is 0.00000220. The third-order valence-corrected chi connectivity index (χ3v) is 3.99. The molecule has 1 saturated carbocycles. The van der Waals surface area contributed by atoms with Gasteiger partial charge in [-0.25, -0.2) is 0 Å². The summed E-state index contributed by atoms with van der Waals surface area (Å²) in [5.74, 6) is 0.884. The summed E-state index contributed by atoms with van der Waals surface area (Å²) in [6, 6.07) is 10.8. The first-order valence-electron chi connectivity index (χ1n) is 7.49. The second kappa shape index (κ2) is 9.07. The van der Waals surface area contributed by atoms with E-state index in [0.29, 0.717) is 0 Å². The van der Waals surface area contributed by atoms with Gasteiger partial charge in [0.05, 0.1) is 6.54 Å². The van der Waals surface area contributed by atoms with E-state index in [-0.39, 0.29) is 29.4 Å². The van der Waals surface area contributed by atoms with Crippen LogP contribution < -0.4 is 10.6 Å².